The van der Waals surface area contributed by atoms with Crippen LogP contribution in [0, 0.1) is 6.92 Å². The Morgan fingerprint density at radius 3 is 2.55 bits per heavy atom. The van der Waals surface area contributed by atoms with Crippen LogP contribution in [0.15, 0.2) is 76.5 Å². The second-order valence-electron chi connectivity index (χ2n) is 6.44. The first-order chi connectivity index (χ1) is 13.9. The molecule has 2 aromatic carbocycles. The van der Waals surface area contributed by atoms with Gasteiger partial charge in [0.1, 0.15) is 0 Å². The van der Waals surface area contributed by atoms with E-state index in [1.807, 2.05) is 35.8 Å². The van der Waals surface area contributed by atoms with Crippen LogP contribution in [-0.2, 0) is 11.9 Å². The molecular formula is C21H16F3N3OS. The zero-order valence-corrected chi connectivity index (χ0v) is 16.2. The summed E-state index contributed by atoms with van der Waals surface area (Å²) in [5.74, 6) is 1.42. The molecule has 0 bridgehead atoms. The number of hydrogen-bond donors (Lipinski definition) is 0. The topological polar surface area (TPSA) is 43.9 Å². The van der Waals surface area contributed by atoms with Crippen LogP contribution >= 0.6 is 11.8 Å². The van der Waals surface area contributed by atoms with Crippen LogP contribution in [0.25, 0.3) is 17.3 Å². The van der Waals surface area contributed by atoms with E-state index in [9.17, 15) is 13.2 Å². The number of halogens is 3. The largest absolute Gasteiger partial charge is 0.461 e. The highest BCUT2D eigenvalue weighted by molar-refractivity contribution is 7.98. The molecule has 0 saturated carbocycles. The summed E-state index contributed by atoms with van der Waals surface area (Å²) < 4.78 is 46.2. The third-order valence-electron chi connectivity index (χ3n) is 4.26. The minimum Gasteiger partial charge on any atom is -0.461 e. The first kappa shape index (κ1) is 19.3. The highest BCUT2D eigenvalue weighted by atomic mass is 32.2. The Morgan fingerprint density at radius 2 is 1.83 bits per heavy atom. The number of hydrogen-bond acceptors (Lipinski definition) is 4. The Kier molecular flexibility index (Phi) is 5.19. The zero-order chi connectivity index (χ0) is 20.4. The fraction of sp³-hybridized carbons (Fsp3) is 0.143. The van der Waals surface area contributed by atoms with Crippen LogP contribution in [0.3, 0.4) is 0 Å². The Labute approximate surface area is 169 Å². The molecule has 0 radical (unpaired) electrons. The summed E-state index contributed by atoms with van der Waals surface area (Å²) in [6.45, 7) is 1.98. The quantitative estimate of drug-likeness (QED) is 0.367. The Morgan fingerprint density at radius 1 is 1.00 bits per heavy atom. The SMILES string of the molecule is Cc1cccc(-n2c(SCc3cccc(C(F)(F)F)c3)nnc2-c2ccco2)c1. The molecule has 0 unspecified atom stereocenters. The van der Waals surface area contributed by atoms with Gasteiger partial charge in [-0.1, -0.05) is 42.1 Å². The summed E-state index contributed by atoms with van der Waals surface area (Å²) in [7, 11) is 0. The van der Waals surface area contributed by atoms with Crippen LogP contribution in [0.5, 0.6) is 0 Å². The van der Waals surface area contributed by atoms with Crippen molar-refractivity contribution in [3.05, 3.63) is 83.6 Å². The maximum Gasteiger partial charge on any atom is 0.416 e. The second-order valence-corrected chi connectivity index (χ2v) is 7.39. The minimum absolute atomic E-state index is 0.325. The lowest BCUT2D eigenvalue weighted by molar-refractivity contribution is -0.137. The lowest BCUT2D eigenvalue weighted by Gasteiger charge is -2.11. The highest BCUT2D eigenvalue weighted by Crippen LogP contribution is 2.33. The van der Waals surface area contributed by atoms with Crippen molar-refractivity contribution in [1.29, 1.82) is 0 Å². The number of alkyl halides is 3. The second kappa shape index (κ2) is 7.79. The number of nitrogens with zero attached hydrogens (tertiary/aromatic N) is 3. The van der Waals surface area contributed by atoms with E-state index in [1.165, 1.54) is 17.8 Å². The average molecular weight is 415 g/mol. The number of rotatable bonds is 5. The van der Waals surface area contributed by atoms with Crippen LogP contribution in [0.1, 0.15) is 16.7 Å². The van der Waals surface area contributed by atoms with E-state index in [2.05, 4.69) is 10.2 Å². The number of furan rings is 1. The van der Waals surface area contributed by atoms with E-state index >= 15 is 0 Å². The van der Waals surface area contributed by atoms with Gasteiger partial charge in [-0.3, -0.25) is 4.57 Å². The molecule has 2 aromatic heterocycles. The van der Waals surface area contributed by atoms with Gasteiger partial charge in [-0.2, -0.15) is 13.2 Å². The molecule has 0 atom stereocenters. The van der Waals surface area contributed by atoms with E-state index in [0.29, 0.717) is 28.1 Å². The Bertz CT molecular complexity index is 1120. The predicted octanol–water partition coefficient (Wildman–Crippen LogP) is 6.15. The van der Waals surface area contributed by atoms with E-state index in [0.717, 1.165) is 23.4 Å². The molecule has 0 aliphatic rings. The van der Waals surface area contributed by atoms with Gasteiger partial charge in [-0.05, 0) is 48.4 Å². The van der Waals surface area contributed by atoms with E-state index in [-0.39, 0.29) is 0 Å². The zero-order valence-electron chi connectivity index (χ0n) is 15.3. The summed E-state index contributed by atoms with van der Waals surface area (Å²) >= 11 is 1.32. The molecule has 0 N–H and O–H groups in total. The first-order valence-corrected chi connectivity index (χ1v) is 9.75. The van der Waals surface area contributed by atoms with Gasteiger partial charge in [0.2, 0.25) is 5.82 Å². The van der Waals surface area contributed by atoms with E-state index in [1.54, 1.807) is 24.5 Å². The number of benzene rings is 2. The van der Waals surface area contributed by atoms with Gasteiger partial charge in [0.15, 0.2) is 10.9 Å². The van der Waals surface area contributed by atoms with Crippen molar-refractivity contribution >= 4 is 11.8 Å². The van der Waals surface area contributed by atoms with Gasteiger partial charge < -0.3 is 4.42 Å². The van der Waals surface area contributed by atoms with Gasteiger partial charge >= 0.3 is 6.18 Å². The van der Waals surface area contributed by atoms with Crippen molar-refractivity contribution in [3.8, 4) is 17.3 Å². The summed E-state index contributed by atoms with van der Waals surface area (Å²) in [5, 5.41) is 9.08. The molecule has 0 spiro atoms. The average Bonchev–Trinajstić information content (AvgIpc) is 3.35. The smallest absolute Gasteiger partial charge is 0.416 e. The normalized spacial score (nSPS) is 11.7. The van der Waals surface area contributed by atoms with Crippen LogP contribution in [0.2, 0.25) is 0 Å². The molecule has 2 heterocycles. The standard InChI is InChI=1S/C21H16F3N3OS/c1-14-5-2-8-17(11-14)27-19(18-9-4-10-28-18)25-26-20(27)29-13-15-6-3-7-16(12-15)21(22,23)24/h2-12H,13H2,1H3. The molecule has 8 heteroatoms. The number of aromatic nitrogens is 3. The molecular weight excluding hydrogens is 399 g/mol. The molecule has 0 aliphatic heterocycles. The maximum atomic E-state index is 13.0. The molecule has 29 heavy (non-hydrogen) atoms. The van der Waals surface area contributed by atoms with Crippen molar-refractivity contribution < 1.29 is 17.6 Å². The summed E-state index contributed by atoms with van der Waals surface area (Å²) in [4.78, 5) is 0. The fourth-order valence-electron chi connectivity index (χ4n) is 2.91. The Balaban J connectivity index is 1.68. The van der Waals surface area contributed by atoms with E-state index in [4.69, 9.17) is 4.42 Å². The van der Waals surface area contributed by atoms with Crippen molar-refractivity contribution in [3.63, 3.8) is 0 Å². The third kappa shape index (κ3) is 4.22. The van der Waals surface area contributed by atoms with Crippen LogP contribution in [-0.4, -0.2) is 14.8 Å². The predicted molar refractivity (Wildman–Crippen MR) is 105 cm³/mol. The number of thioether (sulfide) groups is 1. The monoisotopic (exact) mass is 415 g/mol. The van der Waals surface area contributed by atoms with Gasteiger partial charge in [-0.25, -0.2) is 0 Å². The highest BCUT2D eigenvalue weighted by Gasteiger charge is 2.30. The van der Waals surface area contributed by atoms with Crippen molar-refractivity contribution in [1.82, 2.24) is 14.8 Å². The lowest BCUT2D eigenvalue weighted by Crippen LogP contribution is -2.05. The Hall–Kier alpha value is -3.00. The fourth-order valence-corrected chi connectivity index (χ4v) is 3.81. The van der Waals surface area contributed by atoms with Crippen LogP contribution in [0.4, 0.5) is 13.2 Å². The minimum atomic E-state index is -4.37. The van der Waals surface area contributed by atoms with Crippen molar-refractivity contribution in [2.24, 2.45) is 0 Å². The molecule has 0 saturated heterocycles. The summed E-state index contributed by atoms with van der Waals surface area (Å²) in [5.41, 5.74) is 1.82. The molecule has 0 amide bonds. The van der Waals surface area contributed by atoms with Crippen molar-refractivity contribution in [2.75, 3.05) is 0 Å². The third-order valence-corrected chi connectivity index (χ3v) is 5.26. The van der Waals surface area contributed by atoms with Gasteiger partial charge in [0, 0.05) is 5.75 Å². The van der Waals surface area contributed by atoms with Crippen molar-refractivity contribution in [2.45, 2.75) is 24.0 Å². The van der Waals surface area contributed by atoms with Gasteiger partial charge in [-0.15, -0.1) is 10.2 Å². The first-order valence-electron chi connectivity index (χ1n) is 8.77. The lowest BCUT2D eigenvalue weighted by atomic mass is 10.1. The molecule has 4 aromatic rings. The molecule has 0 aliphatic carbocycles. The summed E-state index contributed by atoms with van der Waals surface area (Å²) in [6, 6.07) is 16.7. The van der Waals surface area contributed by atoms with Gasteiger partial charge in [0.25, 0.3) is 0 Å². The van der Waals surface area contributed by atoms with Gasteiger partial charge in [0.05, 0.1) is 17.5 Å². The molecule has 148 valence electrons. The summed E-state index contributed by atoms with van der Waals surface area (Å²) in [6.07, 6.45) is -2.81. The molecule has 4 nitrogen and oxygen atoms in total. The number of aryl methyl sites for hydroxylation is 1. The van der Waals surface area contributed by atoms with E-state index < -0.39 is 11.7 Å². The molecule has 4 rings (SSSR count). The van der Waals surface area contributed by atoms with Crippen LogP contribution < -0.4 is 0 Å². The molecule has 0 fully saturated rings. The maximum absolute atomic E-state index is 13.0.